The van der Waals surface area contributed by atoms with Crippen molar-refractivity contribution in [2.45, 2.75) is 44.9 Å². The molecule has 0 bridgehead atoms. The molecule has 0 spiro atoms. The Morgan fingerprint density at radius 3 is 2.57 bits per heavy atom. The summed E-state index contributed by atoms with van der Waals surface area (Å²) in [5.41, 5.74) is 1.10. The number of ether oxygens (including phenoxy) is 1. The number of anilines is 2. The van der Waals surface area contributed by atoms with Gasteiger partial charge in [-0.25, -0.2) is 9.97 Å². The second-order valence-electron chi connectivity index (χ2n) is 6.23. The van der Waals surface area contributed by atoms with Crippen LogP contribution in [0.4, 0.5) is 11.6 Å². The van der Waals surface area contributed by atoms with Gasteiger partial charge in [-0.15, -0.1) is 0 Å². The Bertz CT molecular complexity index is 483. The molecule has 2 fully saturated rings. The van der Waals surface area contributed by atoms with Crippen LogP contribution < -0.4 is 10.6 Å². The lowest BCUT2D eigenvalue weighted by molar-refractivity contribution is 0.124. The van der Waals surface area contributed by atoms with Crippen molar-refractivity contribution in [2.75, 3.05) is 37.4 Å². The summed E-state index contributed by atoms with van der Waals surface area (Å²) in [4.78, 5) is 9.31. The first-order valence-corrected chi connectivity index (χ1v) is 8.16. The largest absolute Gasteiger partial charge is 0.381 e. The Balaban J connectivity index is 1.49. The van der Waals surface area contributed by atoms with E-state index in [2.05, 4.69) is 22.5 Å². The SMILES string of the molecule is CNc1nc(C2CC2)nc(NCCCOCC2CC2)c1C. The van der Waals surface area contributed by atoms with E-state index in [1.165, 1.54) is 25.7 Å². The third-order valence-electron chi connectivity index (χ3n) is 4.15. The molecule has 21 heavy (non-hydrogen) atoms. The second-order valence-corrected chi connectivity index (χ2v) is 6.23. The molecule has 1 aromatic heterocycles. The number of aromatic nitrogens is 2. The van der Waals surface area contributed by atoms with Crippen LogP contribution in [0.5, 0.6) is 0 Å². The molecule has 2 N–H and O–H groups in total. The van der Waals surface area contributed by atoms with E-state index in [-0.39, 0.29) is 0 Å². The standard InChI is InChI=1S/C16H26N4O/c1-11-14(17-2)19-16(13-6-7-13)20-15(11)18-8-3-9-21-10-12-4-5-12/h12-13H,3-10H2,1-2H3,(H2,17,18,19,20). The molecule has 0 saturated heterocycles. The van der Waals surface area contributed by atoms with Gasteiger partial charge in [0.2, 0.25) is 0 Å². The van der Waals surface area contributed by atoms with Crippen LogP contribution in [0.1, 0.15) is 49.4 Å². The highest BCUT2D eigenvalue weighted by molar-refractivity contribution is 5.57. The monoisotopic (exact) mass is 290 g/mol. The average molecular weight is 290 g/mol. The minimum Gasteiger partial charge on any atom is -0.381 e. The molecule has 5 nitrogen and oxygen atoms in total. The number of hydrogen-bond acceptors (Lipinski definition) is 5. The van der Waals surface area contributed by atoms with Gasteiger partial charge >= 0.3 is 0 Å². The summed E-state index contributed by atoms with van der Waals surface area (Å²) in [6.45, 7) is 4.74. The topological polar surface area (TPSA) is 59.1 Å². The lowest BCUT2D eigenvalue weighted by atomic mass is 10.2. The molecular weight excluding hydrogens is 264 g/mol. The van der Waals surface area contributed by atoms with Crippen molar-refractivity contribution in [2.24, 2.45) is 5.92 Å². The van der Waals surface area contributed by atoms with Gasteiger partial charge in [-0.3, -0.25) is 0 Å². The van der Waals surface area contributed by atoms with Gasteiger partial charge in [0.1, 0.15) is 17.5 Å². The summed E-state index contributed by atoms with van der Waals surface area (Å²) >= 11 is 0. The fourth-order valence-corrected chi connectivity index (χ4v) is 2.39. The van der Waals surface area contributed by atoms with Crippen LogP contribution in [0.3, 0.4) is 0 Å². The molecule has 3 rings (SSSR count). The fraction of sp³-hybridized carbons (Fsp3) is 0.750. The number of hydrogen-bond donors (Lipinski definition) is 2. The molecule has 5 heteroatoms. The molecule has 2 aliphatic carbocycles. The maximum Gasteiger partial charge on any atom is 0.136 e. The summed E-state index contributed by atoms with van der Waals surface area (Å²) < 4.78 is 5.66. The zero-order valence-electron chi connectivity index (χ0n) is 13.1. The Hall–Kier alpha value is -1.36. The smallest absolute Gasteiger partial charge is 0.136 e. The van der Waals surface area contributed by atoms with E-state index >= 15 is 0 Å². The lowest BCUT2D eigenvalue weighted by Crippen LogP contribution is -2.12. The molecule has 116 valence electrons. The van der Waals surface area contributed by atoms with Crippen LogP contribution in [0, 0.1) is 12.8 Å². The van der Waals surface area contributed by atoms with E-state index in [0.29, 0.717) is 5.92 Å². The van der Waals surface area contributed by atoms with Crippen molar-refractivity contribution in [3.63, 3.8) is 0 Å². The quantitative estimate of drug-likeness (QED) is 0.685. The predicted octanol–water partition coefficient (Wildman–Crippen LogP) is 2.93. The molecule has 0 unspecified atom stereocenters. The zero-order chi connectivity index (χ0) is 14.7. The maximum absolute atomic E-state index is 5.66. The van der Waals surface area contributed by atoms with Gasteiger partial charge in [0.05, 0.1) is 0 Å². The van der Waals surface area contributed by atoms with E-state index in [0.717, 1.165) is 55.1 Å². The Kier molecular flexibility index (Phi) is 4.58. The fourth-order valence-electron chi connectivity index (χ4n) is 2.39. The molecule has 2 aliphatic rings. The Morgan fingerprint density at radius 1 is 1.14 bits per heavy atom. The first kappa shape index (κ1) is 14.6. The Labute approximate surface area is 126 Å². The van der Waals surface area contributed by atoms with E-state index in [1.54, 1.807) is 0 Å². The van der Waals surface area contributed by atoms with E-state index in [1.807, 2.05) is 7.05 Å². The summed E-state index contributed by atoms with van der Waals surface area (Å²) in [6.07, 6.45) is 6.18. The first-order valence-electron chi connectivity index (χ1n) is 8.16. The number of nitrogens with zero attached hydrogens (tertiary/aromatic N) is 2. The van der Waals surface area contributed by atoms with E-state index < -0.39 is 0 Å². The first-order chi connectivity index (χ1) is 10.3. The highest BCUT2D eigenvalue weighted by atomic mass is 16.5. The van der Waals surface area contributed by atoms with E-state index in [9.17, 15) is 0 Å². The second kappa shape index (κ2) is 6.60. The molecule has 0 aromatic carbocycles. The number of rotatable bonds is 9. The van der Waals surface area contributed by atoms with Crippen molar-refractivity contribution in [3.8, 4) is 0 Å². The molecule has 2 saturated carbocycles. The zero-order valence-corrected chi connectivity index (χ0v) is 13.1. The predicted molar refractivity (Wildman–Crippen MR) is 84.9 cm³/mol. The third-order valence-corrected chi connectivity index (χ3v) is 4.15. The van der Waals surface area contributed by atoms with Crippen molar-refractivity contribution in [1.29, 1.82) is 0 Å². The van der Waals surface area contributed by atoms with Gasteiger partial charge in [-0.2, -0.15) is 0 Å². The minimum atomic E-state index is 0.570. The molecule has 0 atom stereocenters. The molecule has 1 heterocycles. The van der Waals surface area contributed by atoms with Crippen molar-refractivity contribution >= 4 is 11.6 Å². The lowest BCUT2D eigenvalue weighted by Gasteiger charge is -2.13. The van der Waals surface area contributed by atoms with Gasteiger partial charge in [0.15, 0.2) is 0 Å². The minimum absolute atomic E-state index is 0.570. The van der Waals surface area contributed by atoms with Crippen LogP contribution in [0.2, 0.25) is 0 Å². The third kappa shape index (κ3) is 4.06. The summed E-state index contributed by atoms with van der Waals surface area (Å²) in [7, 11) is 1.92. The summed E-state index contributed by atoms with van der Waals surface area (Å²) in [6, 6.07) is 0. The normalized spacial score (nSPS) is 17.8. The average Bonchev–Trinajstić information content (AvgIpc) is 3.37. The molecule has 1 aromatic rings. The van der Waals surface area contributed by atoms with Crippen LogP contribution in [-0.4, -0.2) is 36.8 Å². The van der Waals surface area contributed by atoms with E-state index in [4.69, 9.17) is 9.72 Å². The van der Waals surface area contributed by atoms with Gasteiger partial charge < -0.3 is 15.4 Å². The van der Waals surface area contributed by atoms with Gasteiger partial charge in [-0.1, -0.05) is 0 Å². The highest BCUT2D eigenvalue weighted by Crippen LogP contribution is 2.39. The Morgan fingerprint density at radius 2 is 1.90 bits per heavy atom. The van der Waals surface area contributed by atoms with Crippen molar-refractivity contribution in [1.82, 2.24) is 9.97 Å². The van der Waals surface area contributed by atoms with Gasteiger partial charge in [0.25, 0.3) is 0 Å². The van der Waals surface area contributed by atoms with Crippen LogP contribution in [-0.2, 0) is 4.74 Å². The van der Waals surface area contributed by atoms with Crippen LogP contribution >= 0.6 is 0 Å². The summed E-state index contributed by atoms with van der Waals surface area (Å²) in [5.74, 6) is 4.32. The van der Waals surface area contributed by atoms with Gasteiger partial charge in [0, 0.05) is 38.3 Å². The summed E-state index contributed by atoms with van der Waals surface area (Å²) in [5, 5.41) is 6.62. The van der Waals surface area contributed by atoms with Crippen molar-refractivity contribution in [3.05, 3.63) is 11.4 Å². The molecule has 0 amide bonds. The number of nitrogens with one attached hydrogen (secondary N) is 2. The molecule has 0 radical (unpaired) electrons. The van der Waals surface area contributed by atoms with Crippen LogP contribution in [0.15, 0.2) is 0 Å². The highest BCUT2D eigenvalue weighted by Gasteiger charge is 2.28. The van der Waals surface area contributed by atoms with Crippen LogP contribution in [0.25, 0.3) is 0 Å². The van der Waals surface area contributed by atoms with Crippen molar-refractivity contribution < 1.29 is 4.74 Å². The molecule has 0 aliphatic heterocycles. The maximum atomic E-state index is 5.66. The molecular formula is C16H26N4O. The van der Waals surface area contributed by atoms with Gasteiger partial charge in [-0.05, 0) is 44.9 Å².